The second-order valence-electron chi connectivity index (χ2n) is 4.20. The van der Waals surface area contributed by atoms with Crippen LogP contribution >= 0.6 is 0 Å². The van der Waals surface area contributed by atoms with Gasteiger partial charge in [-0.1, -0.05) is 12.1 Å². The Kier molecular flexibility index (Phi) is 3.65. The summed E-state index contributed by atoms with van der Waals surface area (Å²) in [6.07, 6.45) is 1.27. The Bertz CT molecular complexity index is 714. The number of carboxylic acid groups (broad SMARTS) is 1. The Morgan fingerprint density at radius 1 is 1.20 bits per heavy atom. The zero-order valence-corrected chi connectivity index (χ0v) is 10.6. The quantitative estimate of drug-likeness (QED) is 0.790. The van der Waals surface area contributed by atoms with Gasteiger partial charge in [-0.15, -0.1) is 0 Å². The molecule has 2 aromatic rings. The minimum Gasteiger partial charge on any atom is -0.478 e. The maximum absolute atomic E-state index is 12.0. The van der Waals surface area contributed by atoms with Crippen LogP contribution in [0.2, 0.25) is 0 Å². The normalized spacial score (nSPS) is 10.1. The van der Waals surface area contributed by atoms with E-state index in [-0.39, 0.29) is 22.4 Å². The number of carbonyl (C=O) groups is 2. The molecule has 0 unspecified atom stereocenters. The molecule has 1 aromatic carbocycles. The molecule has 0 radical (unpaired) electrons. The summed E-state index contributed by atoms with van der Waals surface area (Å²) in [7, 11) is 0. The fourth-order valence-electron chi connectivity index (χ4n) is 1.80. The second kappa shape index (κ2) is 5.40. The number of hydrogen-bond acceptors (Lipinski definition) is 3. The molecule has 0 atom stereocenters. The summed E-state index contributed by atoms with van der Waals surface area (Å²) in [5, 5.41) is 11.7. The van der Waals surface area contributed by atoms with Crippen LogP contribution in [0.15, 0.2) is 41.3 Å². The number of aromatic nitrogens is 1. The number of aryl methyl sites for hydroxylation is 1. The van der Waals surface area contributed by atoms with Gasteiger partial charge in [0.1, 0.15) is 0 Å². The van der Waals surface area contributed by atoms with Crippen molar-refractivity contribution in [3.8, 4) is 0 Å². The Morgan fingerprint density at radius 3 is 2.55 bits per heavy atom. The van der Waals surface area contributed by atoms with Gasteiger partial charge in [0.05, 0.1) is 16.8 Å². The van der Waals surface area contributed by atoms with E-state index in [2.05, 4.69) is 10.3 Å². The van der Waals surface area contributed by atoms with E-state index in [1.54, 1.807) is 19.1 Å². The van der Waals surface area contributed by atoms with Crippen LogP contribution < -0.4 is 10.9 Å². The number of H-pyrrole nitrogens is 1. The predicted molar refractivity (Wildman–Crippen MR) is 73.2 cm³/mol. The molecule has 3 N–H and O–H groups in total. The molecule has 102 valence electrons. The van der Waals surface area contributed by atoms with Crippen LogP contribution in [0.1, 0.15) is 26.3 Å². The van der Waals surface area contributed by atoms with Gasteiger partial charge < -0.3 is 15.4 Å². The molecule has 0 aliphatic carbocycles. The monoisotopic (exact) mass is 272 g/mol. The van der Waals surface area contributed by atoms with E-state index in [9.17, 15) is 14.4 Å². The molecule has 0 fully saturated rings. The van der Waals surface area contributed by atoms with Gasteiger partial charge in [-0.05, 0) is 24.6 Å². The van der Waals surface area contributed by atoms with Crippen molar-refractivity contribution in [2.24, 2.45) is 0 Å². The molecule has 1 heterocycles. The summed E-state index contributed by atoms with van der Waals surface area (Å²) in [5.74, 6) is -1.60. The van der Waals surface area contributed by atoms with Crippen LogP contribution in [0.4, 0.5) is 5.69 Å². The van der Waals surface area contributed by atoms with E-state index in [4.69, 9.17) is 5.11 Å². The van der Waals surface area contributed by atoms with Crippen molar-refractivity contribution in [2.75, 3.05) is 5.32 Å². The lowest BCUT2D eigenvalue weighted by Crippen LogP contribution is -2.17. The maximum Gasteiger partial charge on any atom is 0.338 e. The van der Waals surface area contributed by atoms with E-state index in [1.807, 2.05) is 0 Å². The first-order valence-electron chi connectivity index (χ1n) is 5.82. The van der Waals surface area contributed by atoms with E-state index in [0.29, 0.717) is 5.56 Å². The summed E-state index contributed by atoms with van der Waals surface area (Å²) in [6, 6.07) is 7.41. The molecule has 0 saturated heterocycles. The van der Waals surface area contributed by atoms with Gasteiger partial charge in [0.2, 0.25) is 5.56 Å². The molecule has 0 aliphatic rings. The summed E-state index contributed by atoms with van der Waals surface area (Å²) in [4.78, 5) is 36.5. The predicted octanol–water partition coefficient (Wildman–Crippen LogP) is 1.63. The van der Waals surface area contributed by atoms with Crippen LogP contribution in [0.3, 0.4) is 0 Å². The molecule has 1 aromatic heterocycles. The molecular formula is C14H12N2O4. The lowest BCUT2D eigenvalue weighted by Gasteiger charge is -2.10. The maximum atomic E-state index is 12.0. The number of benzene rings is 1. The molecule has 0 saturated carbocycles. The zero-order valence-electron chi connectivity index (χ0n) is 10.6. The van der Waals surface area contributed by atoms with E-state index < -0.39 is 11.9 Å². The molecule has 0 bridgehead atoms. The number of anilines is 1. The summed E-state index contributed by atoms with van der Waals surface area (Å²) in [6.45, 7) is 1.65. The van der Waals surface area contributed by atoms with Crippen LogP contribution in [0, 0.1) is 6.92 Å². The number of carboxylic acids is 1. The highest BCUT2D eigenvalue weighted by molar-refractivity contribution is 6.08. The van der Waals surface area contributed by atoms with Crippen LogP contribution in [0.5, 0.6) is 0 Å². The number of rotatable bonds is 3. The minimum atomic E-state index is -1.11. The van der Waals surface area contributed by atoms with Gasteiger partial charge in [-0.25, -0.2) is 4.79 Å². The van der Waals surface area contributed by atoms with Gasteiger partial charge in [0.25, 0.3) is 5.91 Å². The number of pyridine rings is 1. The highest BCUT2D eigenvalue weighted by Gasteiger charge is 2.15. The summed E-state index contributed by atoms with van der Waals surface area (Å²) in [5.41, 5.74) is 0.738. The number of aromatic amines is 1. The smallest absolute Gasteiger partial charge is 0.338 e. The topological polar surface area (TPSA) is 99.3 Å². The van der Waals surface area contributed by atoms with Gasteiger partial charge in [-0.3, -0.25) is 9.59 Å². The first kappa shape index (κ1) is 13.5. The molecule has 0 aliphatic heterocycles. The first-order chi connectivity index (χ1) is 9.49. The zero-order chi connectivity index (χ0) is 14.7. The summed E-state index contributed by atoms with van der Waals surface area (Å²) < 4.78 is 0. The van der Waals surface area contributed by atoms with Crippen molar-refractivity contribution in [1.82, 2.24) is 4.98 Å². The van der Waals surface area contributed by atoms with Gasteiger partial charge in [-0.2, -0.15) is 0 Å². The van der Waals surface area contributed by atoms with Crippen molar-refractivity contribution >= 4 is 17.6 Å². The Hall–Kier alpha value is -2.89. The third-order valence-electron chi connectivity index (χ3n) is 2.78. The van der Waals surface area contributed by atoms with Crippen molar-refractivity contribution < 1.29 is 14.7 Å². The Labute approximate surface area is 114 Å². The fraction of sp³-hybridized carbons (Fsp3) is 0.0714. The average molecular weight is 272 g/mol. The van der Waals surface area contributed by atoms with Gasteiger partial charge >= 0.3 is 5.97 Å². The van der Waals surface area contributed by atoms with Crippen molar-refractivity contribution in [1.29, 1.82) is 0 Å². The van der Waals surface area contributed by atoms with E-state index in [0.717, 1.165) is 0 Å². The lowest BCUT2D eigenvalue weighted by atomic mass is 10.1. The number of hydrogen-bond donors (Lipinski definition) is 3. The number of aromatic carboxylic acids is 1. The first-order valence-corrected chi connectivity index (χ1v) is 5.82. The Morgan fingerprint density at radius 2 is 1.95 bits per heavy atom. The molecule has 0 spiro atoms. The molecule has 6 heteroatoms. The summed E-state index contributed by atoms with van der Waals surface area (Å²) >= 11 is 0. The highest BCUT2D eigenvalue weighted by Crippen LogP contribution is 2.20. The second-order valence-corrected chi connectivity index (χ2v) is 4.20. The van der Waals surface area contributed by atoms with Crippen LogP contribution in [0.25, 0.3) is 0 Å². The standard InChI is InChI=1S/C14H12N2O4/c1-8-3-2-4-10(12(8)14(19)20)16-13(18)9-5-6-11(17)15-7-9/h2-7H,1H3,(H,15,17)(H,16,18)(H,19,20). The van der Waals surface area contributed by atoms with Crippen LogP contribution in [-0.4, -0.2) is 22.0 Å². The van der Waals surface area contributed by atoms with E-state index >= 15 is 0 Å². The lowest BCUT2D eigenvalue weighted by molar-refractivity contribution is 0.0697. The van der Waals surface area contributed by atoms with Crippen molar-refractivity contribution in [3.63, 3.8) is 0 Å². The molecule has 1 amide bonds. The van der Waals surface area contributed by atoms with Gasteiger partial charge in [0.15, 0.2) is 0 Å². The number of amides is 1. The SMILES string of the molecule is Cc1cccc(NC(=O)c2ccc(=O)[nH]c2)c1C(=O)O. The largest absolute Gasteiger partial charge is 0.478 e. The van der Waals surface area contributed by atoms with Crippen molar-refractivity contribution in [3.05, 3.63) is 63.6 Å². The third-order valence-corrected chi connectivity index (χ3v) is 2.78. The number of nitrogens with one attached hydrogen (secondary N) is 2. The van der Waals surface area contributed by atoms with E-state index in [1.165, 1.54) is 24.4 Å². The Balaban J connectivity index is 2.33. The molecular weight excluding hydrogens is 260 g/mol. The van der Waals surface area contributed by atoms with Gasteiger partial charge in [0, 0.05) is 12.3 Å². The molecule has 20 heavy (non-hydrogen) atoms. The van der Waals surface area contributed by atoms with Crippen molar-refractivity contribution in [2.45, 2.75) is 6.92 Å². The number of carbonyl (C=O) groups excluding carboxylic acids is 1. The third kappa shape index (κ3) is 2.74. The minimum absolute atomic E-state index is 0.0466. The average Bonchev–Trinajstić information content (AvgIpc) is 2.39. The van der Waals surface area contributed by atoms with Crippen LogP contribution in [-0.2, 0) is 0 Å². The molecule has 6 nitrogen and oxygen atoms in total. The highest BCUT2D eigenvalue weighted by atomic mass is 16.4. The fourth-order valence-corrected chi connectivity index (χ4v) is 1.80. The molecule has 2 rings (SSSR count).